The zero-order valence-electron chi connectivity index (χ0n) is 11.2. The van der Waals surface area contributed by atoms with Crippen LogP contribution in [0.15, 0.2) is 30.3 Å². The van der Waals surface area contributed by atoms with Crippen molar-refractivity contribution in [3.8, 4) is 0 Å². The van der Waals surface area contributed by atoms with Gasteiger partial charge in [-0.3, -0.25) is 9.59 Å². The first kappa shape index (κ1) is 16.5. The van der Waals surface area contributed by atoms with E-state index in [2.05, 4.69) is 5.32 Å². The summed E-state index contributed by atoms with van der Waals surface area (Å²) < 4.78 is 0. The van der Waals surface area contributed by atoms with Gasteiger partial charge >= 0.3 is 0 Å². The molecule has 0 unspecified atom stereocenters. The molecule has 1 aliphatic heterocycles. The van der Waals surface area contributed by atoms with Gasteiger partial charge in [0.2, 0.25) is 5.91 Å². The second-order valence-electron chi connectivity index (χ2n) is 4.77. The van der Waals surface area contributed by atoms with Crippen molar-refractivity contribution in [2.24, 2.45) is 5.73 Å². The van der Waals surface area contributed by atoms with E-state index >= 15 is 0 Å². The molecule has 6 heteroatoms. The number of likely N-dealkylation sites (tertiary alicyclic amines) is 1. The molecule has 20 heavy (non-hydrogen) atoms. The Bertz CT molecular complexity index is 445. The molecule has 0 aromatic heterocycles. The normalized spacial score (nSPS) is 15.3. The topological polar surface area (TPSA) is 75.4 Å². The van der Waals surface area contributed by atoms with Crippen LogP contribution in [0.25, 0.3) is 0 Å². The number of rotatable bonds is 3. The maximum atomic E-state index is 11.9. The van der Waals surface area contributed by atoms with Crippen molar-refractivity contribution >= 4 is 24.2 Å². The van der Waals surface area contributed by atoms with E-state index in [0.717, 1.165) is 12.8 Å². The fourth-order valence-electron chi connectivity index (χ4n) is 2.11. The Kier molecular flexibility index (Phi) is 6.48. The number of halogens is 1. The van der Waals surface area contributed by atoms with Crippen molar-refractivity contribution in [3.63, 3.8) is 0 Å². The molecule has 1 aromatic carbocycles. The lowest BCUT2D eigenvalue weighted by atomic mass is 10.1. The van der Waals surface area contributed by atoms with Gasteiger partial charge in [0, 0.05) is 24.7 Å². The molecule has 1 aromatic rings. The summed E-state index contributed by atoms with van der Waals surface area (Å²) in [5.74, 6) is -0.265. The van der Waals surface area contributed by atoms with Crippen LogP contribution >= 0.6 is 12.4 Å². The van der Waals surface area contributed by atoms with E-state index < -0.39 is 0 Å². The second kappa shape index (κ2) is 7.87. The van der Waals surface area contributed by atoms with E-state index in [1.165, 1.54) is 0 Å². The predicted molar refractivity (Wildman–Crippen MR) is 79.8 cm³/mol. The number of nitrogens with one attached hydrogen (secondary N) is 1. The SMILES string of the molecule is Cl.NC1CCN(C(=O)CNC(=O)c2ccccc2)CC1. The van der Waals surface area contributed by atoms with Crippen LogP contribution in [0, 0.1) is 0 Å². The Morgan fingerprint density at radius 3 is 2.40 bits per heavy atom. The van der Waals surface area contributed by atoms with Gasteiger partial charge in [-0.1, -0.05) is 18.2 Å². The van der Waals surface area contributed by atoms with Crippen molar-refractivity contribution in [3.05, 3.63) is 35.9 Å². The average molecular weight is 298 g/mol. The molecule has 0 aliphatic carbocycles. The minimum absolute atomic E-state index is 0. The highest BCUT2D eigenvalue weighted by Gasteiger charge is 2.20. The van der Waals surface area contributed by atoms with Crippen LogP contribution in [-0.4, -0.2) is 42.4 Å². The summed E-state index contributed by atoms with van der Waals surface area (Å²) in [6.07, 6.45) is 1.66. The Morgan fingerprint density at radius 2 is 1.80 bits per heavy atom. The van der Waals surface area contributed by atoms with Gasteiger partial charge in [-0.2, -0.15) is 0 Å². The van der Waals surface area contributed by atoms with Crippen LogP contribution in [0.2, 0.25) is 0 Å². The van der Waals surface area contributed by atoms with Crippen LogP contribution in [-0.2, 0) is 4.79 Å². The molecule has 0 radical (unpaired) electrons. The van der Waals surface area contributed by atoms with Crippen molar-refractivity contribution in [2.75, 3.05) is 19.6 Å². The molecule has 2 amide bonds. The Hall–Kier alpha value is -1.59. The van der Waals surface area contributed by atoms with Gasteiger partial charge < -0.3 is 16.0 Å². The number of carbonyl (C=O) groups is 2. The Morgan fingerprint density at radius 1 is 1.20 bits per heavy atom. The molecular weight excluding hydrogens is 278 g/mol. The molecule has 3 N–H and O–H groups in total. The van der Waals surface area contributed by atoms with Crippen LogP contribution in [0.4, 0.5) is 0 Å². The monoisotopic (exact) mass is 297 g/mol. The fourth-order valence-corrected chi connectivity index (χ4v) is 2.11. The van der Waals surface area contributed by atoms with Gasteiger partial charge in [0.15, 0.2) is 0 Å². The van der Waals surface area contributed by atoms with Crippen molar-refractivity contribution in [2.45, 2.75) is 18.9 Å². The van der Waals surface area contributed by atoms with Crippen molar-refractivity contribution < 1.29 is 9.59 Å². The quantitative estimate of drug-likeness (QED) is 0.866. The zero-order chi connectivity index (χ0) is 13.7. The summed E-state index contributed by atoms with van der Waals surface area (Å²) in [5, 5.41) is 2.65. The van der Waals surface area contributed by atoms with E-state index in [9.17, 15) is 9.59 Å². The van der Waals surface area contributed by atoms with Gasteiger partial charge in [0.05, 0.1) is 6.54 Å². The van der Waals surface area contributed by atoms with E-state index in [1.807, 2.05) is 6.07 Å². The molecular formula is C14H20ClN3O2. The average Bonchev–Trinajstić information content (AvgIpc) is 2.46. The van der Waals surface area contributed by atoms with E-state index in [1.54, 1.807) is 29.2 Å². The summed E-state index contributed by atoms with van der Waals surface area (Å²) in [4.78, 5) is 25.5. The van der Waals surface area contributed by atoms with Crippen molar-refractivity contribution in [1.82, 2.24) is 10.2 Å². The molecule has 1 heterocycles. The van der Waals surface area contributed by atoms with E-state index in [4.69, 9.17) is 5.73 Å². The second-order valence-corrected chi connectivity index (χ2v) is 4.77. The Balaban J connectivity index is 0.00000200. The number of piperidine rings is 1. The Labute approximate surface area is 124 Å². The molecule has 110 valence electrons. The van der Waals surface area contributed by atoms with Crippen LogP contribution in [0.3, 0.4) is 0 Å². The molecule has 5 nitrogen and oxygen atoms in total. The third kappa shape index (κ3) is 4.51. The van der Waals surface area contributed by atoms with Crippen LogP contribution < -0.4 is 11.1 Å². The molecule has 1 fully saturated rings. The lowest BCUT2D eigenvalue weighted by Crippen LogP contribution is -2.46. The van der Waals surface area contributed by atoms with E-state index in [0.29, 0.717) is 18.7 Å². The number of nitrogens with zero attached hydrogens (tertiary/aromatic N) is 1. The number of amides is 2. The number of hydrogen-bond acceptors (Lipinski definition) is 3. The van der Waals surface area contributed by atoms with Crippen LogP contribution in [0.1, 0.15) is 23.2 Å². The smallest absolute Gasteiger partial charge is 0.251 e. The maximum Gasteiger partial charge on any atom is 0.251 e. The lowest BCUT2D eigenvalue weighted by Gasteiger charge is -2.30. The van der Waals surface area contributed by atoms with Gasteiger partial charge in [0.25, 0.3) is 5.91 Å². The molecule has 0 spiro atoms. The molecule has 1 aliphatic rings. The lowest BCUT2D eigenvalue weighted by molar-refractivity contribution is -0.131. The minimum Gasteiger partial charge on any atom is -0.343 e. The van der Waals surface area contributed by atoms with Gasteiger partial charge in [-0.25, -0.2) is 0 Å². The van der Waals surface area contributed by atoms with Gasteiger partial charge in [0.1, 0.15) is 0 Å². The predicted octanol–water partition coefficient (Wildman–Crippen LogP) is 0.788. The number of hydrogen-bond donors (Lipinski definition) is 2. The summed E-state index contributed by atoms with van der Waals surface area (Å²) in [6.45, 7) is 1.41. The van der Waals surface area contributed by atoms with Crippen molar-refractivity contribution in [1.29, 1.82) is 0 Å². The summed E-state index contributed by atoms with van der Waals surface area (Å²) in [7, 11) is 0. The highest BCUT2D eigenvalue weighted by atomic mass is 35.5. The third-order valence-corrected chi connectivity index (χ3v) is 3.33. The summed E-state index contributed by atoms with van der Waals surface area (Å²) >= 11 is 0. The fraction of sp³-hybridized carbons (Fsp3) is 0.429. The van der Waals surface area contributed by atoms with Gasteiger partial charge in [-0.05, 0) is 25.0 Å². The molecule has 0 saturated carbocycles. The molecule has 0 bridgehead atoms. The first-order valence-corrected chi connectivity index (χ1v) is 6.53. The molecule has 0 atom stereocenters. The number of nitrogens with two attached hydrogens (primary N) is 1. The van der Waals surface area contributed by atoms with Crippen LogP contribution in [0.5, 0.6) is 0 Å². The first-order valence-electron chi connectivity index (χ1n) is 6.53. The third-order valence-electron chi connectivity index (χ3n) is 3.33. The highest BCUT2D eigenvalue weighted by Crippen LogP contribution is 2.08. The zero-order valence-corrected chi connectivity index (χ0v) is 12.1. The standard InChI is InChI=1S/C14H19N3O2.ClH/c15-12-6-8-17(9-7-12)13(18)10-16-14(19)11-4-2-1-3-5-11;/h1-5,12H,6-10,15H2,(H,16,19);1H. The maximum absolute atomic E-state index is 11.9. The highest BCUT2D eigenvalue weighted by molar-refractivity contribution is 5.96. The molecule has 2 rings (SSSR count). The largest absolute Gasteiger partial charge is 0.343 e. The number of benzene rings is 1. The van der Waals surface area contributed by atoms with E-state index in [-0.39, 0.29) is 36.8 Å². The van der Waals surface area contributed by atoms with Gasteiger partial charge in [-0.15, -0.1) is 12.4 Å². The minimum atomic E-state index is -0.220. The molecule has 1 saturated heterocycles. The summed E-state index contributed by atoms with van der Waals surface area (Å²) in [6, 6.07) is 9.08. The summed E-state index contributed by atoms with van der Waals surface area (Å²) in [5.41, 5.74) is 6.35. The number of carbonyl (C=O) groups excluding carboxylic acids is 2. The first-order chi connectivity index (χ1) is 9.16.